The molecule has 0 spiro atoms. The first-order chi connectivity index (χ1) is 15.1. The lowest BCUT2D eigenvalue weighted by Gasteiger charge is -2.11. The minimum absolute atomic E-state index is 0.00805. The second-order valence-corrected chi connectivity index (χ2v) is 6.93. The van der Waals surface area contributed by atoms with Crippen LogP contribution in [-0.2, 0) is 13.2 Å². The number of aryl methyl sites for hydroxylation is 1. The Morgan fingerprint density at radius 3 is 2.41 bits per heavy atom. The first-order valence-electron chi connectivity index (χ1n) is 9.16. The third-order valence-corrected chi connectivity index (χ3v) is 4.81. The van der Waals surface area contributed by atoms with E-state index in [2.05, 4.69) is 10.3 Å². The third-order valence-electron chi connectivity index (χ3n) is 4.81. The van der Waals surface area contributed by atoms with Gasteiger partial charge in [-0.3, -0.25) is 9.59 Å². The van der Waals surface area contributed by atoms with E-state index in [-0.39, 0.29) is 22.3 Å². The summed E-state index contributed by atoms with van der Waals surface area (Å²) in [5, 5.41) is 2.24. The number of para-hydroxylation sites is 1. The molecule has 4 rings (SSSR count). The Kier molecular flexibility index (Phi) is 4.96. The summed E-state index contributed by atoms with van der Waals surface area (Å²) in [6.45, 7) is 0. The van der Waals surface area contributed by atoms with Gasteiger partial charge in [-0.25, -0.2) is 13.8 Å². The first kappa shape index (κ1) is 21.1. The molecule has 2 aromatic carbocycles. The van der Waals surface area contributed by atoms with Crippen LogP contribution in [0.3, 0.4) is 0 Å². The van der Waals surface area contributed by atoms with E-state index in [0.29, 0.717) is 17.8 Å². The Hall–Kier alpha value is -4.15. The molecule has 7 nitrogen and oxygen atoms in total. The summed E-state index contributed by atoms with van der Waals surface area (Å²) in [7, 11) is 1.48. The van der Waals surface area contributed by atoms with Crippen LogP contribution in [0.5, 0.6) is 0 Å². The first-order valence-corrected chi connectivity index (χ1v) is 9.16. The van der Waals surface area contributed by atoms with E-state index >= 15 is 0 Å². The van der Waals surface area contributed by atoms with Crippen molar-refractivity contribution in [1.82, 2.24) is 14.1 Å². The highest BCUT2D eigenvalue weighted by Crippen LogP contribution is 2.33. The van der Waals surface area contributed by atoms with E-state index in [1.807, 2.05) is 0 Å². The number of hydrogen-bond donors (Lipinski definition) is 2. The van der Waals surface area contributed by atoms with Gasteiger partial charge in [0.05, 0.1) is 22.3 Å². The Balaban J connectivity index is 1.79. The van der Waals surface area contributed by atoms with E-state index in [0.717, 1.165) is 10.6 Å². The molecule has 164 valence electrons. The zero-order valence-corrected chi connectivity index (χ0v) is 16.3. The number of nitrogens with zero attached hydrogens (tertiary/aromatic N) is 2. The highest BCUT2D eigenvalue weighted by atomic mass is 19.4. The summed E-state index contributed by atoms with van der Waals surface area (Å²) in [4.78, 5) is 40.8. The molecule has 0 radical (unpaired) electrons. The van der Waals surface area contributed by atoms with Crippen molar-refractivity contribution in [1.29, 1.82) is 0 Å². The number of hydrogen-bond acceptors (Lipinski definition) is 3. The number of H-pyrrole nitrogens is 1. The number of rotatable bonds is 3. The number of halogens is 4. The fraction of sp³-hybridized carbons (Fsp3) is 0.0952. The maximum absolute atomic E-state index is 13.5. The molecule has 0 saturated heterocycles. The second kappa shape index (κ2) is 7.52. The van der Waals surface area contributed by atoms with Crippen molar-refractivity contribution >= 4 is 22.6 Å². The van der Waals surface area contributed by atoms with Crippen molar-refractivity contribution in [2.45, 2.75) is 6.18 Å². The van der Waals surface area contributed by atoms with Crippen LogP contribution in [0.1, 0.15) is 15.9 Å². The molecular formula is C21H14F4N4O3. The quantitative estimate of drug-likeness (QED) is 0.473. The number of nitrogens with one attached hydrogen (secondary N) is 2. The van der Waals surface area contributed by atoms with Crippen molar-refractivity contribution < 1.29 is 22.4 Å². The molecular weight excluding hydrogens is 432 g/mol. The molecule has 0 unspecified atom stereocenters. The highest BCUT2D eigenvalue weighted by Gasteiger charge is 2.34. The van der Waals surface area contributed by atoms with Crippen LogP contribution in [0.25, 0.3) is 16.7 Å². The lowest BCUT2D eigenvalue weighted by atomic mass is 10.1. The predicted octanol–water partition coefficient (Wildman–Crippen LogP) is 3.43. The number of carbonyl (C=O) groups excluding carboxylic acids is 1. The Morgan fingerprint density at radius 1 is 1.06 bits per heavy atom. The van der Waals surface area contributed by atoms with Gasteiger partial charge in [0.25, 0.3) is 11.5 Å². The Morgan fingerprint density at radius 2 is 1.75 bits per heavy atom. The van der Waals surface area contributed by atoms with Gasteiger partial charge in [0, 0.05) is 18.9 Å². The molecule has 2 N–H and O–H groups in total. The summed E-state index contributed by atoms with van der Waals surface area (Å²) >= 11 is 0. The average molecular weight is 446 g/mol. The lowest BCUT2D eigenvalue weighted by Crippen LogP contribution is -2.34. The predicted molar refractivity (Wildman–Crippen MR) is 108 cm³/mol. The summed E-state index contributed by atoms with van der Waals surface area (Å²) < 4.78 is 54.5. The van der Waals surface area contributed by atoms with Gasteiger partial charge < -0.3 is 14.9 Å². The Labute approximate surface area is 176 Å². The van der Waals surface area contributed by atoms with E-state index in [1.54, 1.807) is 30.3 Å². The molecule has 1 amide bonds. The van der Waals surface area contributed by atoms with Crippen molar-refractivity contribution in [2.75, 3.05) is 5.32 Å². The topological polar surface area (TPSA) is 88.9 Å². The van der Waals surface area contributed by atoms with Gasteiger partial charge in [0.2, 0.25) is 0 Å². The summed E-state index contributed by atoms with van der Waals surface area (Å²) in [5.41, 5.74) is -3.21. The molecule has 4 aromatic rings. The SMILES string of the molecule is Cn1cc(C(=O)Nc2ccc(F)c(C(F)(F)F)c2)c2[nH]c(=O)n(-c3ccccc3)c(=O)c21. The van der Waals surface area contributed by atoms with E-state index < -0.39 is 34.7 Å². The van der Waals surface area contributed by atoms with Gasteiger partial charge in [0.1, 0.15) is 11.3 Å². The maximum atomic E-state index is 13.5. The van der Waals surface area contributed by atoms with Crippen LogP contribution in [0.15, 0.2) is 64.3 Å². The van der Waals surface area contributed by atoms with Crippen LogP contribution < -0.4 is 16.6 Å². The number of fused-ring (bicyclic) bond motifs is 1. The Bertz CT molecular complexity index is 1470. The van der Waals surface area contributed by atoms with Crippen LogP contribution in [0.4, 0.5) is 23.2 Å². The molecule has 0 bridgehead atoms. The van der Waals surface area contributed by atoms with Crippen molar-refractivity contribution in [3.63, 3.8) is 0 Å². The van der Waals surface area contributed by atoms with Crippen molar-refractivity contribution in [3.8, 4) is 5.69 Å². The minimum atomic E-state index is -4.95. The number of benzene rings is 2. The van der Waals surface area contributed by atoms with Gasteiger partial charge in [-0.2, -0.15) is 13.2 Å². The molecule has 0 aliphatic heterocycles. The monoisotopic (exact) mass is 446 g/mol. The summed E-state index contributed by atoms with van der Waals surface area (Å²) in [6, 6.07) is 10.1. The van der Waals surface area contributed by atoms with Crippen LogP contribution in [0.2, 0.25) is 0 Å². The van der Waals surface area contributed by atoms with Crippen LogP contribution >= 0.6 is 0 Å². The molecule has 11 heteroatoms. The number of aromatic amines is 1. The fourth-order valence-electron chi connectivity index (χ4n) is 3.37. The summed E-state index contributed by atoms with van der Waals surface area (Å²) in [6.07, 6.45) is -3.68. The molecule has 0 saturated carbocycles. The van der Waals surface area contributed by atoms with E-state index in [4.69, 9.17) is 0 Å². The average Bonchev–Trinajstić information content (AvgIpc) is 3.06. The zero-order chi connectivity index (χ0) is 23.2. The summed E-state index contributed by atoms with van der Waals surface area (Å²) in [5.74, 6) is -2.37. The van der Waals surface area contributed by atoms with Gasteiger partial charge in [0.15, 0.2) is 0 Å². The molecule has 2 aromatic heterocycles. The van der Waals surface area contributed by atoms with Gasteiger partial charge in [-0.1, -0.05) is 18.2 Å². The minimum Gasteiger partial charge on any atom is -0.344 e. The third kappa shape index (κ3) is 3.57. The van der Waals surface area contributed by atoms with Gasteiger partial charge >= 0.3 is 11.9 Å². The number of anilines is 1. The molecule has 0 aliphatic rings. The second-order valence-electron chi connectivity index (χ2n) is 6.93. The van der Waals surface area contributed by atoms with Crippen LogP contribution in [0, 0.1) is 5.82 Å². The standard InChI is InChI=1S/C21H14F4N4O3/c1-28-10-13(18(30)26-11-7-8-15(22)14(9-11)21(23,24)25)16-17(28)19(31)29(20(32)27-16)12-5-3-2-4-6-12/h2-10H,1H3,(H,26,30)(H,27,32). The van der Waals surface area contributed by atoms with E-state index in [1.165, 1.54) is 17.8 Å². The molecule has 0 atom stereocenters. The number of alkyl halides is 3. The number of aromatic nitrogens is 3. The highest BCUT2D eigenvalue weighted by molar-refractivity contribution is 6.11. The fourth-order valence-corrected chi connectivity index (χ4v) is 3.37. The largest absolute Gasteiger partial charge is 0.419 e. The van der Waals surface area contributed by atoms with Crippen molar-refractivity contribution in [2.24, 2.45) is 7.05 Å². The van der Waals surface area contributed by atoms with Crippen molar-refractivity contribution in [3.05, 3.63) is 92.5 Å². The lowest BCUT2D eigenvalue weighted by molar-refractivity contribution is -0.139. The smallest absolute Gasteiger partial charge is 0.344 e. The molecule has 32 heavy (non-hydrogen) atoms. The van der Waals surface area contributed by atoms with E-state index in [9.17, 15) is 31.9 Å². The molecule has 2 heterocycles. The number of amides is 1. The van der Waals surface area contributed by atoms with Gasteiger partial charge in [-0.05, 0) is 30.3 Å². The van der Waals surface area contributed by atoms with Gasteiger partial charge in [-0.15, -0.1) is 0 Å². The molecule has 0 fully saturated rings. The normalized spacial score (nSPS) is 11.7. The number of carbonyl (C=O) groups is 1. The van der Waals surface area contributed by atoms with Crippen LogP contribution in [-0.4, -0.2) is 20.0 Å². The zero-order valence-electron chi connectivity index (χ0n) is 16.3. The maximum Gasteiger partial charge on any atom is 0.419 e. The molecule has 0 aliphatic carbocycles.